The van der Waals surface area contributed by atoms with Gasteiger partial charge in [-0.05, 0) is 44.4 Å². The van der Waals surface area contributed by atoms with Gasteiger partial charge in [-0.15, -0.1) is 5.10 Å². The third kappa shape index (κ3) is 5.92. The third-order valence-corrected chi connectivity index (χ3v) is 6.05. The Bertz CT molecular complexity index is 1030. The number of hydrogen-bond donors (Lipinski definition) is 3. The summed E-state index contributed by atoms with van der Waals surface area (Å²) >= 11 is 0. The average molecular weight is 497 g/mol. The van der Waals surface area contributed by atoms with E-state index in [1.807, 2.05) is 33.8 Å². The minimum absolute atomic E-state index is 0.0378. The first-order chi connectivity index (χ1) is 16.6. The molecule has 0 aliphatic carbocycles. The fourth-order valence-electron chi connectivity index (χ4n) is 3.94. The van der Waals surface area contributed by atoms with Crippen molar-refractivity contribution >= 4 is 6.16 Å². The first-order valence-electron chi connectivity index (χ1n) is 11.5. The van der Waals surface area contributed by atoms with Gasteiger partial charge in [-0.3, -0.25) is 4.68 Å². The zero-order chi connectivity index (χ0) is 25.9. The minimum Gasteiger partial charge on any atom is -0.443 e. The van der Waals surface area contributed by atoms with Crippen LogP contribution in [0.5, 0.6) is 5.88 Å². The molecule has 3 rings (SSSR count). The van der Waals surface area contributed by atoms with E-state index in [1.165, 1.54) is 6.07 Å². The van der Waals surface area contributed by atoms with Crippen molar-refractivity contribution in [2.75, 3.05) is 13.7 Å². The molecule has 0 amide bonds. The molecule has 1 saturated heterocycles. The number of aliphatic hydroxyl groups excluding tert-OH is 3. The monoisotopic (exact) mass is 496 g/mol. The maximum atomic E-state index is 14.8. The van der Waals surface area contributed by atoms with Gasteiger partial charge in [0.2, 0.25) is 12.2 Å². The normalized spacial score (nSPS) is 24.5. The summed E-state index contributed by atoms with van der Waals surface area (Å²) in [4.78, 5) is 11.3. The lowest BCUT2D eigenvalue weighted by atomic mass is 9.99. The molecular weight excluding hydrogens is 463 g/mol. The van der Waals surface area contributed by atoms with Gasteiger partial charge in [0.05, 0.1) is 7.11 Å². The number of halogens is 1. The van der Waals surface area contributed by atoms with Crippen LogP contribution < -0.4 is 4.74 Å². The fraction of sp³-hybridized carbons (Fsp3) is 0.583. The topological polar surface area (TPSA) is 133 Å². The standard InChI is InChI=1S/C24H33FN2O8/c1-6-14-7-8-15(17(25)9-14)10-16-13(4)27(12(2)3)26-22(16)35-23-21(30)20(29)19(28)18(34-23)11-33-24(31)32-5/h7-9,12,18-21,23,28-30H,6,10-11H2,1-5H3/t18-,19-,20+,21-,23+/m1/s1. The molecule has 2 aromatic rings. The molecule has 0 saturated carbocycles. The highest BCUT2D eigenvalue weighted by Gasteiger charge is 2.46. The van der Waals surface area contributed by atoms with E-state index in [0.29, 0.717) is 17.5 Å². The molecule has 1 fully saturated rings. The molecule has 3 N–H and O–H groups in total. The van der Waals surface area contributed by atoms with Gasteiger partial charge in [0.15, 0.2) is 0 Å². The van der Waals surface area contributed by atoms with Crippen molar-refractivity contribution in [2.24, 2.45) is 0 Å². The highest BCUT2D eigenvalue weighted by atomic mass is 19.1. The Labute approximate surface area is 203 Å². The Morgan fingerprint density at radius 2 is 1.94 bits per heavy atom. The summed E-state index contributed by atoms with van der Waals surface area (Å²) in [6.45, 7) is 7.18. The number of hydrogen-bond acceptors (Lipinski definition) is 9. The van der Waals surface area contributed by atoms with Gasteiger partial charge in [0.25, 0.3) is 0 Å². The second-order valence-corrected chi connectivity index (χ2v) is 8.76. The summed E-state index contributed by atoms with van der Waals surface area (Å²) in [7, 11) is 1.12. The maximum Gasteiger partial charge on any atom is 0.508 e. The number of aryl methyl sites for hydroxylation is 1. The average Bonchev–Trinajstić information content (AvgIpc) is 3.14. The van der Waals surface area contributed by atoms with Crippen molar-refractivity contribution < 1.29 is 43.5 Å². The minimum atomic E-state index is -1.64. The predicted molar refractivity (Wildman–Crippen MR) is 122 cm³/mol. The van der Waals surface area contributed by atoms with Gasteiger partial charge in [-0.1, -0.05) is 19.1 Å². The second-order valence-electron chi connectivity index (χ2n) is 8.76. The van der Waals surface area contributed by atoms with Crippen molar-refractivity contribution in [1.29, 1.82) is 0 Å². The van der Waals surface area contributed by atoms with E-state index >= 15 is 0 Å². The Kier molecular flexibility index (Phi) is 8.70. The lowest BCUT2D eigenvalue weighted by Gasteiger charge is -2.39. The number of aromatic nitrogens is 2. The largest absolute Gasteiger partial charge is 0.508 e. The molecule has 1 aromatic heterocycles. The smallest absolute Gasteiger partial charge is 0.443 e. The quantitative estimate of drug-likeness (QED) is 0.470. The lowest BCUT2D eigenvalue weighted by Crippen LogP contribution is -2.60. The molecule has 2 heterocycles. The number of benzene rings is 1. The van der Waals surface area contributed by atoms with Crippen LogP contribution >= 0.6 is 0 Å². The number of carbonyl (C=O) groups excluding carboxylic acids is 1. The van der Waals surface area contributed by atoms with Crippen LogP contribution in [0.1, 0.15) is 49.2 Å². The fourth-order valence-corrected chi connectivity index (χ4v) is 3.94. The van der Waals surface area contributed by atoms with Crippen LogP contribution in [0.4, 0.5) is 9.18 Å². The van der Waals surface area contributed by atoms with E-state index in [0.717, 1.165) is 18.4 Å². The van der Waals surface area contributed by atoms with E-state index in [1.54, 1.807) is 10.7 Å². The first kappa shape index (κ1) is 26.9. The van der Waals surface area contributed by atoms with E-state index in [-0.39, 0.29) is 24.2 Å². The molecule has 11 heteroatoms. The SMILES string of the molecule is CCc1ccc(Cc2c(O[C@@H]3O[C@H](COC(=O)OC)[C@@H](O)[C@H](O)[C@H]3O)nn(C(C)C)c2C)c(F)c1. The number of carbonyl (C=O) groups is 1. The summed E-state index contributed by atoms with van der Waals surface area (Å²) in [5.74, 6) is -0.255. The summed E-state index contributed by atoms with van der Waals surface area (Å²) < 4.78 is 37.2. The van der Waals surface area contributed by atoms with Crippen LogP contribution in [0.25, 0.3) is 0 Å². The molecule has 1 aliphatic rings. The first-order valence-corrected chi connectivity index (χ1v) is 11.5. The Hall–Kier alpha value is -2.73. The number of rotatable bonds is 8. The summed E-state index contributed by atoms with van der Waals surface area (Å²) in [5, 5.41) is 35.5. The highest BCUT2D eigenvalue weighted by Crippen LogP contribution is 2.31. The summed E-state index contributed by atoms with van der Waals surface area (Å²) in [6.07, 6.45) is -7.57. The lowest BCUT2D eigenvalue weighted by molar-refractivity contribution is -0.278. The van der Waals surface area contributed by atoms with E-state index in [2.05, 4.69) is 9.84 Å². The molecular formula is C24H33FN2O8. The molecule has 5 atom stereocenters. The number of ether oxygens (including phenoxy) is 4. The van der Waals surface area contributed by atoms with Gasteiger partial charge in [0, 0.05) is 23.7 Å². The van der Waals surface area contributed by atoms with Crippen LogP contribution in [0.3, 0.4) is 0 Å². The maximum absolute atomic E-state index is 14.8. The number of nitrogens with zero attached hydrogens (tertiary/aromatic N) is 2. The van der Waals surface area contributed by atoms with Crippen molar-refractivity contribution in [2.45, 2.75) is 77.3 Å². The predicted octanol–water partition coefficient (Wildman–Crippen LogP) is 2.03. The van der Waals surface area contributed by atoms with E-state index < -0.39 is 43.5 Å². The molecule has 35 heavy (non-hydrogen) atoms. The van der Waals surface area contributed by atoms with Gasteiger partial charge in [-0.2, -0.15) is 0 Å². The van der Waals surface area contributed by atoms with Crippen LogP contribution in [0.15, 0.2) is 18.2 Å². The van der Waals surface area contributed by atoms with Crippen molar-refractivity contribution in [3.63, 3.8) is 0 Å². The van der Waals surface area contributed by atoms with Crippen molar-refractivity contribution in [3.05, 3.63) is 46.4 Å². The van der Waals surface area contributed by atoms with Crippen LogP contribution in [-0.4, -0.2) is 75.7 Å². The number of methoxy groups -OCH3 is 1. The van der Waals surface area contributed by atoms with Gasteiger partial charge in [0.1, 0.15) is 36.8 Å². The zero-order valence-corrected chi connectivity index (χ0v) is 20.5. The van der Waals surface area contributed by atoms with Gasteiger partial charge < -0.3 is 34.3 Å². The molecule has 0 radical (unpaired) electrons. The Balaban J connectivity index is 1.89. The molecule has 1 aromatic carbocycles. The molecule has 10 nitrogen and oxygen atoms in total. The Morgan fingerprint density at radius 1 is 1.23 bits per heavy atom. The van der Waals surface area contributed by atoms with E-state index in [9.17, 15) is 24.5 Å². The zero-order valence-electron chi connectivity index (χ0n) is 20.5. The van der Waals surface area contributed by atoms with Crippen LogP contribution in [-0.2, 0) is 27.1 Å². The van der Waals surface area contributed by atoms with Crippen molar-refractivity contribution in [3.8, 4) is 5.88 Å². The second kappa shape index (κ2) is 11.3. The molecule has 0 bridgehead atoms. The molecule has 0 spiro atoms. The highest BCUT2D eigenvalue weighted by molar-refractivity contribution is 5.59. The van der Waals surface area contributed by atoms with Crippen LogP contribution in [0.2, 0.25) is 0 Å². The number of aliphatic hydroxyl groups is 3. The van der Waals surface area contributed by atoms with E-state index in [4.69, 9.17) is 14.2 Å². The molecule has 0 unspecified atom stereocenters. The third-order valence-electron chi connectivity index (χ3n) is 6.05. The van der Waals surface area contributed by atoms with Gasteiger partial charge >= 0.3 is 6.16 Å². The van der Waals surface area contributed by atoms with Gasteiger partial charge in [-0.25, -0.2) is 9.18 Å². The summed E-state index contributed by atoms with van der Waals surface area (Å²) in [6, 6.07) is 5.04. The van der Waals surface area contributed by atoms with Crippen molar-refractivity contribution in [1.82, 2.24) is 9.78 Å². The Morgan fingerprint density at radius 3 is 2.54 bits per heavy atom. The molecule has 1 aliphatic heterocycles. The molecule has 194 valence electrons. The summed E-state index contributed by atoms with van der Waals surface area (Å²) in [5.41, 5.74) is 2.65. The van der Waals surface area contributed by atoms with Crippen LogP contribution in [0, 0.1) is 12.7 Å².